The van der Waals surface area contributed by atoms with E-state index in [-0.39, 0.29) is 23.8 Å². The molecule has 3 aromatic rings. The number of carbonyl (C=O) groups excluding carboxylic acids is 3. The zero-order chi connectivity index (χ0) is 30.3. The molecule has 2 fully saturated rings. The molecular weight excluding hydrogens is 556 g/mol. The highest BCUT2D eigenvalue weighted by molar-refractivity contribution is 6.00. The van der Waals surface area contributed by atoms with Crippen molar-refractivity contribution in [2.75, 3.05) is 69.7 Å². The number of rotatable bonds is 7. The van der Waals surface area contributed by atoms with Crippen molar-refractivity contribution in [3.05, 3.63) is 89.0 Å². The molecule has 0 unspecified atom stereocenters. The van der Waals surface area contributed by atoms with Crippen molar-refractivity contribution >= 4 is 29.1 Å². The van der Waals surface area contributed by atoms with Crippen LogP contribution in [0.15, 0.2) is 60.7 Å². The summed E-state index contributed by atoms with van der Waals surface area (Å²) in [4.78, 5) is 44.9. The Bertz CT molecular complexity index is 1450. The highest BCUT2D eigenvalue weighted by Crippen LogP contribution is 2.30. The highest BCUT2D eigenvalue weighted by atomic mass is 19.1. The number of nitrogens with zero attached hydrogens (tertiary/aromatic N) is 3. The normalized spacial score (nSPS) is 15.6. The predicted molar refractivity (Wildman–Crippen MR) is 160 cm³/mol. The second-order valence-electron chi connectivity index (χ2n) is 10.6. The van der Waals surface area contributed by atoms with Gasteiger partial charge in [0.25, 0.3) is 11.8 Å². The van der Waals surface area contributed by atoms with Crippen molar-refractivity contribution in [3.63, 3.8) is 0 Å². The monoisotopic (exact) mass is 591 g/mol. The van der Waals surface area contributed by atoms with Crippen molar-refractivity contribution in [3.8, 4) is 5.75 Å². The van der Waals surface area contributed by atoms with Crippen molar-refractivity contribution < 1.29 is 27.9 Å². The number of benzene rings is 3. The molecule has 0 saturated carbocycles. The third kappa shape index (κ3) is 7.47. The van der Waals surface area contributed by atoms with Gasteiger partial charge >= 0.3 is 0 Å². The summed E-state index contributed by atoms with van der Waals surface area (Å²) in [6.07, 6.45) is 0.992. The minimum atomic E-state index is -0.803. The van der Waals surface area contributed by atoms with E-state index in [1.807, 2.05) is 28.0 Å². The van der Waals surface area contributed by atoms with E-state index in [4.69, 9.17) is 4.74 Å². The van der Waals surface area contributed by atoms with Gasteiger partial charge in [0.1, 0.15) is 17.4 Å². The second kappa shape index (κ2) is 13.6. The zero-order valence-electron chi connectivity index (χ0n) is 24.1. The van der Waals surface area contributed by atoms with Crippen LogP contribution in [0.3, 0.4) is 0 Å². The first-order chi connectivity index (χ1) is 20.8. The summed E-state index contributed by atoms with van der Waals surface area (Å²) < 4.78 is 32.6. The lowest BCUT2D eigenvalue weighted by molar-refractivity contribution is -0.115. The SMILES string of the molecule is COc1ccc(CC(=O)Nc2cc(C(=O)N3CCCNCC3)ccc2N2CCN(C(=O)c3cc(F)cc(F)c3)CC2)cc1. The number of hydrogen-bond donors (Lipinski definition) is 2. The minimum absolute atomic E-state index is 0.0380. The summed E-state index contributed by atoms with van der Waals surface area (Å²) in [6.45, 7) is 4.32. The fourth-order valence-electron chi connectivity index (χ4n) is 5.41. The van der Waals surface area contributed by atoms with Crippen LogP contribution in [0.5, 0.6) is 5.75 Å². The molecule has 2 N–H and O–H groups in total. The number of carbonyl (C=O) groups is 3. The van der Waals surface area contributed by atoms with Crippen molar-refractivity contribution in [1.82, 2.24) is 15.1 Å². The first kappa shape index (κ1) is 30.0. The largest absolute Gasteiger partial charge is 0.497 e. The van der Waals surface area contributed by atoms with Gasteiger partial charge in [-0.05, 0) is 61.0 Å². The van der Waals surface area contributed by atoms with E-state index in [1.54, 1.807) is 36.3 Å². The maximum atomic E-state index is 13.7. The molecule has 2 heterocycles. The fraction of sp³-hybridized carbons (Fsp3) is 0.344. The lowest BCUT2D eigenvalue weighted by Crippen LogP contribution is -2.49. The number of halogens is 2. The summed E-state index contributed by atoms with van der Waals surface area (Å²) in [5, 5.41) is 6.31. The van der Waals surface area contributed by atoms with Crippen LogP contribution in [-0.4, -0.2) is 87.0 Å². The molecule has 0 bridgehead atoms. The third-order valence-electron chi connectivity index (χ3n) is 7.69. The molecule has 2 saturated heterocycles. The molecule has 0 aliphatic carbocycles. The molecule has 226 valence electrons. The Hall–Kier alpha value is -4.51. The van der Waals surface area contributed by atoms with Crippen LogP contribution in [0.1, 0.15) is 32.7 Å². The van der Waals surface area contributed by atoms with Gasteiger partial charge in [-0.2, -0.15) is 0 Å². The summed E-state index contributed by atoms with van der Waals surface area (Å²) in [6, 6.07) is 15.3. The number of anilines is 2. The van der Waals surface area contributed by atoms with Crippen molar-refractivity contribution in [2.24, 2.45) is 0 Å². The Labute approximate surface area is 249 Å². The van der Waals surface area contributed by atoms with Gasteiger partial charge in [0.15, 0.2) is 0 Å². The standard InChI is InChI=1S/C32H35F2N5O4/c1-43-27-6-3-22(4-7-27)17-30(40)36-28-20-23(31(41)38-11-2-9-35-10-12-38)5-8-29(28)37-13-15-39(16-14-37)32(42)24-18-25(33)21-26(34)19-24/h3-8,18-21,35H,2,9-17H2,1H3,(H,36,40). The average Bonchev–Trinajstić information content (AvgIpc) is 3.30. The molecule has 0 aromatic heterocycles. The van der Waals surface area contributed by atoms with Gasteiger partial charge < -0.3 is 30.1 Å². The molecule has 0 atom stereocenters. The van der Waals surface area contributed by atoms with Gasteiger partial charge in [-0.15, -0.1) is 0 Å². The van der Waals surface area contributed by atoms with Gasteiger partial charge in [0, 0.05) is 63.0 Å². The molecular formula is C32H35F2N5O4. The van der Waals surface area contributed by atoms with Crippen LogP contribution < -0.4 is 20.3 Å². The minimum Gasteiger partial charge on any atom is -0.497 e. The number of piperazine rings is 1. The molecule has 0 radical (unpaired) electrons. The molecule has 9 nitrogen and oxygen atoms in total. The summed E-state index contributed by atoms with van der Waals surface area (Å²) >= 11 is 0. The van der Waals surface area contributed by atoms with Gasteiger partial charge in [-0.1, -0.05) is 12.1 Å². The Morgan fingerprint density at radius 1 is 0.791 bits per heavy atom. The lowest BCUT2D eigenvalue weighted by atomic mass is 10.1. The molecule has 11 heteroatoms. The maximum absolute atomic E-state index is 13.7. The van der Waals surface area contributed by atoms with Gasteiger partial charge in [0.2, 0.25) is 5.91 Å². The van der Waals surface area contributed by atoms with E-state index in [2.05, 4.69) is 10.6 Å². The number of hydrogen-bond acceptors (Lipinski definition) is 6. The average molecular weight is 592 g/mol. The number of nitrogens with one attached hydrogen (secondary N) is 2. The van der Waals surface area contributed by atoms with Crippen molar-refractivity contribution in [1.29, 1.82) is 0 Å². The predicted octanol–water partition coefficient (Wildman–Crippen LogP) is 3.55. The molecule has 0 spiro atoms. The van der Waals surface area contributed by atoms with Crippen LogP contribution in [0, 0.1) is 11.6 Å². The quantitative estimate of drug-likeness (QED) is 0.437. The smallest absolute Gasteiger partial charge is 0.254 e. The van der Waals surface area contributed by atoms with E-state index < -0.39 is 17.5 Å². The Kier molecular flexibility index (Phi) is 9.51. The van der Waals surface area contributed by atoms with Crippen LogP contribution in [0.4, 0.5) is 20.2 Å². The number of amides is 3. The third-order valence-corrected chi connectivity index (χ3v) is 7.69. The fourth-order valence-corrected chi connectivity index (χ4v) is 5.41. The molecule has 3 amide bonds. The van der Waals surface area contributed by atoms with Crippen LogP contribution in [0.2, 0.25) is 0 Å². The van der Waals surface area contributed by atoms with Crippen LogP contribution in [0.25, 0.3) is 0 Å². The van der Waals surface area contributed by atoms with Crippen molar-refractivity contribution in [2.45, 2.75) is 12.8 Å². The number of methoxy groups -OCH3 is 1. The van der Waals surface area contributed by atoms with Gasteiger partial charge in [0.05, 0.1) is 24.9 Å². The summed E-state index contributed by atoms with van der Waals surface area (Å²) in [5.41, 5.74) is 2.48. The van der Waals surface area contributed by atoms with Gasteiger partial charge in [-0.3, -0.25) is 14.4 Å². The van der Waals surface area contributed by atoms with E-state index in [0.29, 0.717) is 56.3 Å². The van der Waals surface area contributed by atoms with Crippen LogP contribution >= 0.6 is 0 Å². The zero-order valence-corrected chi connectivity index (χ0v) is 24.1. The van der Waals surface area contributed by atoms with E-state index in [1.165, 1.54) is 0 Å². The van der Waals surface area contributed by atoms with Gasteiger partial charge in [-0.25, -0.2) is 8.78 Å². The second-order valence-corrected chi connectivity index (χ2v) is 10.6. The highest BCUT2D eigenvalue weighted by Gasteiger charge is 2.26. The number of ether oxygens (including phenoxy) is 1. The lowest BCUT2D eigenvalue weighted by Gasteiger charge is -2.37. The van der Waals surface area contributed by atoms with E-state index in [0.717, 1.165) is 49.0 Å². The maximum Gasteiger partial charge on any atom is 0.254 e. The van der Waals surface area contributed by atoms with E-state index >= 15 is 0 Å². The topological polar surface area (TPSA) is 94.2 Å². The Morgan fingerprint density at radius 3 is 2.16 bits per heavy atom. The van der Waals surface area contributed by atoms with E-state index in [9.17, 15) is 23.2 Å². The molecule has 2 aliphatic rings. The molecule has 2 aliphatic heterocycles. The first-order valence-electron chi connectivity index (χ1n) is 14.4. The Balaban J connectivity index is 1.34. The summed E-state index contributed by atoms with van der Waals surface area (Å²) in [5.74, 6) is -1.69. The molecule has 5 rings (SSSR count). The van der Waals surface area contributed by atoms with Crippen LogP contribution in [-0.2, 0) is 11.2 Å². The molecule has 3 aromatic carbocycles. The summed E-state index contributed by atoms with van der Waals surface area (Å²) in [7, 11) is 1.58. The first-order valence-corrected chi connectivity index (χ1v) is 14.4. The Morgan fingerprint density at radius 2 is 1.47 bits per heavy atom. The molecule has 43 heavy (non-hydrogen) atoms.